The van der Waals surface area contributed by atoms with E-state index in [1.165, 1.54) is 27.2 Å². The van der Waals surface area contributed by atoms with Crippen molar-refractivity contribution < 1.29 is 23.8 Å². The van der Waals surface area contributed by atoms with E-state index in [4.69, 9.17) is 18.9 Å². The molecule has 0 spiro atoms. The van der Waals surface area contributed by atoms with Gasteiger partial charge in [0.1, 0.15) is 12.6 Å². The average Bonchev–Trinajstić information content (AvgIpc) is 3.28. The van der Waals surface area contributed by atoms with Crippen LogP contribution in [0.15, 0.2) is 30.3 Å². The van der Waals surface area contributed by atoms with E-state index < -0.39 is 0 Å². The molecular formula is C20H18NO4+. The van der Waals surface area contributed by atoms with Gasteiger partial charge in [0.2, 0.25) is 13.6 Å². The van der Waals surface area contributed by atoms with Crippen molar-refractivity contribution in [3.63, 3.8) is 0 Å². The Hall–Kier alpha value is -2.66. The largest absolute Gasteiger partial charge is 0.454 e. The van der Waals surface area contributed by atoms with Crippen molar-refractivity contribution >= 4 is 6.08 Å². The SMILES string of the molecule is C[NH+]1Cc2c(ccc3c2OCO3)C2C=Cc3cc4c(cc3C21)OCO4. The van der Waals surface area contributed by atoms with E-state index in [1.807, 2.05) is 6.07 Å². The van der Waals surface area contributed by atoms with Gasteiger partial charge in [-0.2, -0.15) is 0 Å². The van der Waals surface area contributed by atoms with E-state index >= 15 is 0 Å². The number of rotatable bonds is 0. The second-order valence-corrected chi connectivity index (χ2v) is 7.09. The quantitative estimate of drug-likeness (QED) is 0.799. The zero-order valence-corrected chi connectivity index (χ0v) is 13.9. The van der Waals surface area contributed by atoms with E-state index in [0.29, 0.717) is 25.5 Å². The molecule has 2 aromatic rings. The molecule has 5 nitrogen and oxygen atoms in total. The van der Waals surface area contributed by atoms with Gasteiger partial charge in [-0.05, 0) is 29.3 Å². The van der Waals surface area contributed by atoms with Gasteiger partial charge in [-0.3, -0.25) is 0 Å². The lowest BCUT2D eigenvalue weighted by Gasteiger charge is -2.39. The molecule has 0 saturated heterocycles. The van der Waals surface area contributed by atoms with Gasteiger partial charge in [-0.1, -0.05) is 18.2 Å². The number of benzene rings is 2. The Labute approximate surface area is 145 Å². The van der Waals surface area contributed by atoms with E-state index in [1.54, 1.807) is 0 Å². The monoisotopic (exact) mass is 336 g/mol. The maximum absolute atomic E-state index is 5.76. The lowest BCUT2D eigenvalue weighted by atomic mass is 9.75. The molecule has 3 heterocycles. The van der Waals surface area contributed by atoms with Crippen LogP contribution in [0.2, 0.25) is 0 Å². The Bertz CT molecular complexity index is 936. The number of hydrogen-bond donors (Lipinski definition) is 1. The predicted molar refractivity (Wildman–Crippen MR) is 90.2 cm³/mol. The fraction of sp³-hybridized carbons (Fsp3) is 0.300. The molecular weight excluding hydrogens is 318 g/mol. The molecule has 0 fully saturated rings. The van der Waals surface area contributed by atoms with Crippen molar-refractivity contribution in [1.29, 1.82) is 0 Å². The minimum absolute atomic E-state index is 0.311. The minimum atomic E-state index is 0.311. The molecule has 1 N–H and O–H groups in total. The van der Waals surface area contributed by atoms with E-state index in [9.17, 15) is 0 Å². The highest BCUT2D eigenvalue weighted by Crippen LogP contribution is 2.48. The summed E-state index contributed by atoms with van der Waals surface area (Å²) in [6.07, 6.45) is 4.53. The Morgan fingerprint density at radius 2 is 1.72 bits per heavy atom. The first-order chi connectivity index (χ1) is 12.3. The molecule has 0 saturated carbocycles. The number of fused-ring (bicyclic) bond motifs is 8. The van der Waals surface area contributed by atoms with Gasteiger partial charge in [0.25, 0.3) is 0 Å². The van der Waals surface area contributed by atoms with Gasteiger partial charge in [-0.15, -0.1) is 0 Å². The summed E-state index contributed by atoms with van der Waals surface area (Å²) in [6, 6.07) is 8.88. The van der Waals surface area contributed by atoms with Gasteiger partial charge in [0.15, 0.2) is 23.0 Å². The fourth-order valence-corrected chi connectivity index (χ4v) is 4.68. The topological polar surface area (TPSA) is 41.4 Å². The van der Waals surface area contributed by atoms with E-state index in [0.717, 1.165) is 29.5 Å². The summed E-state index contributed by atoms with van der Waals surface area (Å²) in [4.78, 5) is 1.45. The van der Waals surface area contributed by atoms with Crippen LogP contribution in [0.5, 0.6) is 23.0 Å². The lowest BCUT2D eigenvalue weighted by molar-refractivity contribution is -0.929. The highest BCUT2D eigenvalue weighted by atomic mass is 16.7. The smallest absolute Gasteiger partial charge is 0.231 e. The number of likely N-dealkylation sites (N-methyl/N-ethyl adjacent to an activating group) is 1. The standard InChI is InChI=1S/C20H17NO4/c1-21-8-15-12(4-5-16-20(15)25-10-22-16)13-3-2-11-6-17-18(24-9-23-17)7-14(11)19(13)21/h2-7,13,19H,8-10H2,1H3/p+1. The summed E-state index contributed by atoms with van der Waals surface area (Å²) in [7, 11) is 2.25. The first-order valence-corrected chi connectivity index (χ1v) is 8.65. The summed E-state index contributed by atoms with van der Waals surface area (Å²) in [5, 5.41) is 0. The molecule has 126 valence electrons. The molecule has 3 aliphatic heterocycles. The van der Waals surface area contributed by atoms with Gasteiger partial charge in [0.05, 0.1) is 18.5 Å². The molecule has 25 heavy (non-hydrogen) atoms. The van der Waals surface area contributed by atoms with Crippen molar-refractivity contribution in [3.05, 3.63) is 52.6 Å². The Morgan fingerprint density at radius 3 is 2.64 bits per heavy atom. The highest BCUT2D eigenvalue weighted by Gasteiger charge is 2.42. The third-order valence-electron chi connectivity index (χ3n) is 5.78. The van der Waals surface area contributed by atoms with Crippen molar-refractivity contribution in [2.24, 2.45) is 0 Å². The maximum atomic E-state index is 5.76. The maximum Gasteiger partial charge on any atom is 0.231 e. The predicted octanol–water partition coefficient (Wildman–Crippen LogP) is 2.02. The Kier molecular flexibility index (Phi) is 2.56. The van der Waals surface area contributed by atoms with Gasteiger partial charge in [0, 0.05) is 5.56 Å². The Morgan fingerprint density at radius 1 is 0.920 bits per heavy atom. The van der Waals surface area contributed by atoms with Crippen molar-refractivity contribution in [3.8, 4) is 23.0 Å². The summed E-state index contributed by atoms with van der Waals surface area (Å²) >= 11 is 0. The van der Waals surface area contributed by atoms with Crippen molar-refractivity contribution in [2.75, 3.05) is 20.6 Å². The highest BCUT2D eigenvalue weighted by molar-refractivity contribution is 5.66. The second-order valence-electron chi connectivity index (χ2n) is 7.09. The normalized spacial score (nSPS) is 26.8. The first-order valence-electron chi connectivity index (χ1n) is 8.65. The zero-order chi connectivity index (χ0) is 16.5. The molecule has 3 atom stereocenters. The molecule has 6 rings (SSSR count). The minimum Gasteiger partial charge on any atom is -0.454 e. The third-order valence-corrected chi connectivity index (χ3v) is 5.78. The Balaban J connectivity index is 1.52. The summed E-state index contributed by atoms with van der Waals surface area (Å²) < 4.78 is 22.5. The van der Waals surface area contributed by atoms with Crippen LogP contribution >= 0.6 is 0 Å². The third kappa shape index (κ3) is 1.76. The summed E-state index contributed by atoms with van der Waals surface area (Å²) in [6.45, 7) is 1.55. The number of quaternary nitrogens is 1. The van der Waals surface area contributed by atoms with E-state index in [-0.39, 0.29) is 0 Å². The molecule has 5 heteroatoms. The average molecular weight is 336 g/mol. The molecule has 2 aromatic carbocycles. The molecule has 4 aliphatic rings. The number of nitrogens with one attached hydrogen (secondary N) is 1. The summed E-state index contributed by atoms with van der Waals surface area (Å²) in [5.74, 6) is 3.83. The van der Waals surface area contributed by atoms with Gasteiger partial charge >= 0.3 is 0 Å². The van der Waals surface area contributed by atoms with E-state index in [2.05, 4.69) is 37.4 Å². The number of ether oxygens (including phenoxy) is 4. The molecule has 3 unspecified atom stereocenters. The number of hydrogen-bond acceptors (Lipinski definition) is 4. The van der Waals surface area contributed by atoms with Crippen LogP contribution in [0.1, 0.15) is 34.2 Å². The molecule has 0 amide bonds. The second kappa shape index (κ2) is 4.70. The van der Waals surface area contributed by atoms with Crippen molar-refractivity contribution in [1.82, 2.24) is 0 Å². The molecule has 1 aliphatic carbocycles. The molecule has 0 aromatic heterocycles. The molecule has 0 bridgehead atoms. The van der Waals surface area contributed by atoms with Crippen LogP contribution < -0.4 is 23.8 Å². The zero-order valence-electron chi connectivity index (χ0n) is 13.9. The molecule has 0 radical (unpaired) electrons. The van der Waals surface area contributed by atoms with Crippen LogP contribution in [0.4, 0.5) is 0 Å². The van der Waals surface area contributed by atoms with Gasteiger partial charge in [-0.25, -0.2) is 0 Å². The fourth-order valence-electron chi connectivity index (χ4n) is 4.68. The van der Waals surface area contributed by atoms with Gasteiger partial charge < -0.3 is 23.8 Å². The van der Waals surface area contributed by atoms with Crippen LogP contribution in [-0.4, -0.2) is 20.6 Å². The van der Waals surface area contributed by atoms with Crippen molar-refractivity contribution in [2.45, 2.75) is 18.5 Å². The first kappa shape index (κ1) is 13.6. The van der Waals surface area contributed by atoms with Crippen LogP contribution in [0, 0.1) is 0 Å². The lowest BCUT2D eigenvalue weighted by Crippen LogP contribution is -3.09. The summed E-state index contributed by atoms with van der Waals surface area (Å²) in [5.41, 5.74) is 5.19. The van der Waals surface area contributed by atoms with Crippen LogP contribution in [-0.2, 0) is 6.54 Å². The van der Waals surface area contributed by atoms with Crippen LogP contribution in [0.3, 0.4) is 0 Å². The van der Waals surface area contributed by atoms with Crippen LogP contribution in [0.25, 0.3) is 6.08 Å².